The van der Waals surface area contributed by atoms with E-state index >= 15 is 0 Å². The van der Waals surface area contributed by atoms with Crippen LogP contribution in [0.3, 0.4) is 0 Å². The number of rotatable bonds is 8. The van der Waals surface area contributed by atoms with E-state index in [1.165, 1.54) is 23.2 Å². The van der Waals surface area contributed by atoms with E-state index in [4.69, 9.17) is 0 Å². The fourth-order valence-electron chi connectivity index (χ4n) is 4.15. The Morgan fingerprint density at radius 1 is 1.14 bits per heavy atom. The number of nitrogens with one attached hydrogen (secondary N) is 3. The highest BCUT2D eigenvalue weighted by Gasteiger charge is 2.22. The maximum Gasteiger partial charge on any atom is 0.260 e. The first kappa shape index (κ1) is 23.2. The highest BCUT2D eigenvalue weighted by Crippen LogP contribution is 2.34. The molecule has 0 saturated heterocycles. The van der Waals surface area contributed by atoms with Crippen molar-refractivity contribution < 1.29 is 9.59 Å². The van der Waals surface area contributed by atoms with Gasteiger partial charge in [0.25, 0.3) is 11.8 Å². The van der Waals surface area contributed by atoms with Gasteiger partial charge in [0, 0.05) is 49.3 Å². The minimum absolute atomic E-state index is 0.233. The summed E-state index contributed by atoms with van der Waals surface area (Å²) in [4.78, 5) is 31.8. The van der Waals surface area contributed by atoms with Crippen molar-refractivity contribution in [2.24, 2.45) is 0 Å². The first-order valence-corrected chi connectivity index (χ1v) is 12.5. The molecule has 0 radical (unpaired) electrons. The molecule has 0 saturated carbocycles. The predicted octanol–water partition coefficient (Wildman–Crippen LogP) is 2.89. The van der Waals surface area contributed by atoms with Crippen molar-refractivity contribution in [3.05, 3.63) is 53.4 Å². The molecule has 11 heteroatoms. The van der Waals surface area contributed by atoms with Crippen LogP contribution in [0.5, 0.6) is 0 Å². The van der Waals surface area contributed by atoms with E-state index in [0.29, 0.717) is 41.6 Å². The van der Waals surface area contributed by atoms with Crippen LogP contribution in [-0.2, 0) is 13.0 Å². The molecule has 182 valence electrons. The van der Waals surface area contributed by atoms with Crippen LogP contribution in [0.2, 0.25) is 0 Å². The summed E-state index contributed by atoms with van der Waals surface area (Å²) in [6.07, 6.45) is 9.03. The minimum atomic E-state index is -0.294. The van der Waals surface area contributed by atoms with Gasteiger partial charge in [-0.25, -0.2) is 4.52 Å². The SMILES string of the molecule is Cc1ncc(C(=O)NCCNC(C)C)cc1NC(=O)c1cnn2cc(-c3cnn4c3CCC4)sc12. The van der Waals surface area contributed by atoms with Crippen LogP contribution < -0.4 is 16.0 Å². The third kappa shape index (κ3) is 4.69. The molecule has 10 nitrogen and oxygen atoms in total. The van der Waals surface area contributed by atoms with Gasteiger partial charge in [-0.15, -0.1) is 11.3 Å². The van der Waals surface area contributed by atoms with Crippen LogP contribution >= 0.6 is 11.3 Å². The van der Waals surface area contributed by atoms with Crippen LogP contribution in [0.4, 0.5) is 5.69 Å². The molecule has 4 aromatic heterocycles. The summed E-state index contributed by atoms with van der Waals surface area (Å²) in [5.74, 6) is -0.527. The lowest BCUT2D eigenvalue weighted by Gasteiger charge is -2.11. The zero-order chi connectivity index (χ0) is 24.5. The number of hydrogen-bond acceptors (Lipinski definition) is 7. The average Bonchev–Trinajstić information content (AvgIpc) is 3.58. The maximum absolute atomic E-state index is 13.2. The first-order valence-electron chi connectivity index (χ1n) is 11.7. The van der Waals surface area contributed by atoms with Crippen molar-refractivity contribution in [2.45, 2.75) is 46.2 Å². The Morgan fingerprint density at radius 3 is 2.83 bits per heavy atom. The van der Waals surface area contributed by atoms with E-state index in [0.717, 1.165) is 34.7 Å². The molecule has 0 spiro atoms. The Morgan fingerprint density at radius 2 is 2.00 bits per heavy atom. The number of hydrogen-bond donors (Lipinski definition) is 3. The average molecular weight is 493 g/mol. The number of aromatic nitrogens is 5. The summed E-state index contributed by atoms with van der Waals surface area (Å²) in [7, 11) is 0. The summed E-state index contributed by atoms with van der Waals surface area (Å²) >= 11 is 1.52. The molecule has 1 aliphatic rings. The Hall–Kier alpha value is -3.57. The van der Waals surface area contributed by atoms with Crippen molar-refractivity contribution in [1.82, 2.24) is 35.0 Å². The number of fused-ring (bicyclic) bond motifs is 2. The molecule has 5 heterocycles. The van der Waals surface area contributed by atoms with E-state index in [1.807, 2.05) is 17.1 Å². The summed E-state index contributed by atoms with van der Waals surface area (Å²) in [6, 6.07) is 2.01. The van der Waals surface area contributed by atoms with E-state index in [-0.39, 0.29) is 11.8 Å². The highest BCUT2D eigenvalue weighted by molar-refractivity contribution is 7.21. The maximum atomic E-state index is 13.2. The third-order valence-corrected chi connectivity index (χ3v) is 7.14. The van der Waals surface area contributed by atoms with Crippen LogP contribution in [-0.4, -0.2) is 55.3 Å². The van der Waals surface area contributed by atoms with Crippen molar-refractivity contribution in [2.75, 3.05) is 18.4 Å². The molecule has 35 heavy (non-hydrogen) atoms. The molecule has 5 rings (SSSR count). The van der Waals surface area contributed by atoms with E-state index in [2.05, 4.69) is 45.0 Å². The number of amides is 2. The lowest BCUT2D eigenvalue weighted by molar-refractivity contribution is 0.0952. The molecule has 3 N–H and O–H groups in total. The molecule has 4 aromatic rings. The summed E-state index contributed by atoms with van der Waals surface area (Å²) < 4.78 is 3.78. The second kappa shape index (κ2) is 9.59. The zero-order valence-electron chi connectivity index (χ0n) is 20.0. The van der Waals surface area contributed by atoms with Gasteiger partial charge in [0.15, 0.2) is 0 Å². The molecule has 0 aliphatic carbocycles. The number of aryl methyl sites for hydroxylation is 2. The van der Waals surface area contributed by atoms with Crippen LogP contribution in [0.15, 0.2) is 30.9 Å². The molecule has 2 amide bonds. The largest absolute Gasteiger partial charge is 0.351 e. The van der Waals surface area contributed by atoms with Gasteiger partial charge in [0.2, 0.25) is 0 Å². The molecular weight excluding hydrogens is 464 g/mol. The highest BCUT2D eigenvalue weighted by atomic mass is 32.1. The van der Waals surface area contributed by atoms with Gasteiger partial charge < -0.3 is 16.0 Å². The van der Waals surface area contributed by atoms with Crippen LogP contribution in [0, 0.1) is 6.92 Å². The van der Waals surface area contributed by atoms with Crippen molar-refractivity contribution in [1.29, 1.82) is 0 Å². The molecule has 1 aliphatic heterocycles. The van der Waals surface area contributed by atoms with Crippen LogP contribution in [0.1, 0.15) is 52.4 Å². The lowest BCUT2D eigenvalue weighted by Crippen LogP contribution is -2.34. The molecule has 0 atom stereocenters. The summed E-state index contributed by atoms with van der Waals surface area (Å²) in [5, 5.41) is 17.9. The molecule has 0 aromatic carbocycles. The number of thiazole rings is 1. The second-order valence-corrected chi connectivity index (χ2v) is 9.94. The smallest absolute Gasteiger partial charge is 0.260 e. The van der Waals surface area contributed by atoms with Crippen molar-refractivity contribution in [3.8, 4) is 10.4 Å². The fourth-order valence-corrected chi connectivity index (χ4v) is 5.24. The Bertz CT molecular complexity index is 1400. The van der Waals surface area contributed by atoms with E-state index < -0.39 is 0 Å². The first-order chi connectivity index (χ1) is 16.9. The Labute approximate surface area is 206 Å². The third-order valence-electron chi connectivity index (χ3n) is 6.00. The fraction of sp³-hybridized carbons (Fsp3) is 0.375. The number of carbonyl (C=O) groups excluding carboxylic acids is 2. The van der Waals surface area contributed by atoms with Crippen molar-refractivity contribution >= 4 is 33.7 Å². The molecule has 0 unspecified atom stereocenters. The Balaban J connectivity index is 1.32. The molecular formula is C24H28N8O2S. The van der Waals surface area contributed by atoms with E-state index in [9.17, 15) is 9.59 Å². The van der Waals surface area contributed by atoms with Gasteiger partial charge in [-0.05, 0) is 25.8 Å². The number of carbonyl (C=O) groups is 2. The summed E-state index contributed by atoms with van der Waals surface area (Å²) in [6.45, 7) is 8.02. The quantitative estimate of drug-likeness (QED) is 0.326. The van der Waals surface area contributed by atoms with E-state index in [1.54, 1.807) is 23.7 Å². The predicted molar refractivity (Wildman–Crippen MR) is 135 cm³/mol. The van der Waals surface area contributed by atoms with Gasteiger partial charge in [0.1, 0.15) is 4.83 Å². The second-order valence-electron chi connectivity index (χ2n) is 8.91. The zero-order valence-corrected chi connectivity index (χ0v) is 20.8. The van der Waals surface area contributed by atoms with Crippen molar-refractivity contribution in [3.63, 3.8) is 0 Å². The van der Waals surface area contributed by atoms with Gasteiger partial charge >= 0.3 is 0 Å². The summed E-state index contributed by atoms with van der Waals surface area (Å²) in [5.41, 5.74) is 4.32. The van der Waals surface area contributed by atoms with Crippen LogP contribution in [0.25, 0.3) is 15.3 Å². The number of nitrogens with zero attached hydrogens (tertiary/aromatic N) is 5. The molecule has 0 bridgehead atoms. The molecule has 0 fully saturated rings. The van der Waals surface area contributed by atoms with Gasteiger partial charge in [0.05, 0.1) is 39.8 Å². The topological polar surface area (TPSA) is 118 Å². The number of pyridine rings is 1. The number of anilines is 1. The van der Waals surface area contributed by atoms with Gasteiger partial charge in [-0.1, -0.05) is 13.8 Å². The Kier molecular flexibility index (Phi) is 6.35. The lowest BCUT2D eigenvalue weighted by atomic mass is 10.2. The van der Waals surface area contributed by atoms with Gasteiger partial charge in [-0.3, -0.25) is 19.3 Å². The standard InChI is InChI=1S/C24H28N8O2S/c1-14(2)25-6-7-26-22(33)16-9-19(15(3)27-10-16)30-23(34)18-12-29-32-13-21(35-24(18)32)17-11-28-31-8-4-5-20(17)31/h9-14,25H,4-8H2,1-3H3,(H,26,33)(H,30,34). The monoisotopic (exact) mass is 492 g/mol. The normalized spacial score (nSPS) is 12.9. The minimum Gasteiger partial charge on any atom is -0.351 e. The van der Waals surface area contributed by atoms with Gasteiger partial charge in [-0.2, -0.15) is 10.2 Å².